The third-order valence-corrected chi connectivity index (χ3v) is 5.37. The van der Waals surface area contributed by atoms with E-state index in [1.54, 1.807) is 0 Å². The molecule has 0 aromatic carbocycles. The van der Waals surface area contributed by atoms with Crippen LogP contribution in [0.2, 0.25) is 0 Å². The molecule has 1 aliphatic heterocycles. The molecule has 158 valence electrons. The highest BCUT2D eigenvalue weighted by Crippen LogP contribution is 2.11. The Labute approximate surface area is 163 Å². The van der Waals surface area contributed by atoms with E-state index < -0.39 is 10.1 Å². The summed E-state index contributed by atoms with van der Waals surface area (Å²) in [5.74, 6) is 0. The van der Waals surface area contributed by atoms with Crippen molar-refractivity contribution in [3.05, 3.63) is 0 Å². The largest absolute Gasteiger partial charge is 0.748 e. The molecule has 0 amide bonds. The van der Waals surface area contributed by atoms with E-state index in [0.717, 1.165) is 6.04 Å². The quantitative estimate of drug-likeness (QED) is 0.376. The van der Waals surface area contributed by atoms with Crippen LogP contribution in [0.25, 0.3) is 0 Å². The van der Waals surface area contributed by atoms with Crippen molar-refractivity contribution in [2.24, 2.45) is 0 Å². The first-order valence-electron chi connectivity index (χ1n) is 11.1. The van der Waals surface area contributed by atoms with Gasteiger partial charge in [0.25, 0.3) is 0 Å². The number of piperidine rings is 1. The van der Waals surface area contributed by atoms with E-state index in [0.29, 0.717) is 6.26 Å². The number of quaternary nitrogens is 1. The summed E-state index contributed by atoms with van der Waals surface area (Å²) in [6, 6.07) is 1.00. The predicted molar refractivity (Wildman–Crippen MR) is 111 cm³/mol. The van der Waals surface area contributed by atoms with E-state index in [9.17, 15) is 0 Å². The van der Waals surface area contributed by atoms with Crippen LogP contribution in [-0.4, -0.2) is 38.4 Å². The van der Waals surface area contributed by atoms with E-state index >= 15 is 0 Å². The molecule has 1 aliphatic rings. The fraction of sp³-hybridized carbons (Fsp3) is 1.00. The van der Waals surface area contributed by atoms with Crippen LogP contribution in [0.15, 0.2) is 0 Å². The zero-order valence-corrected chi connectivity index (χ0v) is 18.5. The topological polar surface area (TPSA) is 61.6 Å². The normalized spacial score (nSPS) is 20.5. The summed E-state index contributed by atoms with van der Waals surface area (Å²) >= 11 is 0. The highest BCUT2D eigenvalue weighted by atomic mass is 32.2. The minimum atomic E-state index is -3.92. The first-order chi connectivity index (χ1) is 12.4. The lowest BCUT2D eigenvalue weighted by molar-refractivity contribution is -0.931. The van der Waals surface area contributed by atoms with Gasteiger partial charge in [-0.1, -0.05) is 71.6 Å². The number of hydrogen-bond acceptors (Lipinski definition) is 3. The van der Waals surface area contributed by atoms with Crippen LogP contribution in [0.3, 0.4) is 0 Å². The van der Waals surface area contributed by atoms with Gasteiger partial charge >= 0.3 is 0 Å². The lowest BCUT2D eigenvalue weighted by Crippen LogP contribution is -3.16. The Morgan fingerprint density at radius 3 is 1.85 bits per heavy atom. The molecule has 1 rings (SSSR count). The molecular weight excluding hydrogens is 346 g/mol. The molecule has 4 nitrogen and oxygen atoms in total. The highest BCUT2D eigenvalue weighted by Gasteiger charge is 2.24. The fourth-order valence-electron chi connectivity index (χ4n) is 4.02. The molecule has 1 heterocycles. The van der Waals surface area contributed by atoms with Gasteiger partial charge in [0.2, 0.25) is 0 Å². The van der Waals surface area contributed by atoms with Crippen LogP contribution in [0, 0.1) is 0 Å². The van der Waals surface area contributed by atoms with Gasteiger partial charge in [-0.2, -0.15) is 0 Å². The molecule has 1 saturated heterocycles. The summed E-state index contributed by atoms with van der Waals surface area (Å²) < 4.78 is 27.2. The molecule has 1 fully saturated rings. The van der Waals surface area contributed by atoms with Gasteiger partial charge in [-0.3, -0.25) is 0 Å². The summed E-state index contributed by atoms with van der Waals surface area (Å²) in [5.41, 5.74) is 0. The zero-order valence-electron chi connectivity index (χ0n) is 17.7. The molecule has 0 saturated carbocycles. The third kappa shape index (κ3) is 18.7. The predicted octanol–water partition coefficient (Wildman–Crippen LogP) is 4.31. The van der Waals surface area contributed by atoms with Crippen molar-refractivity contribution in [2.75, 3.05) is 19.3 Å². The molecule has 2 atom stereocenters. The van der Waals surface area contributed by atoms with Gasteiger partial charge in [0.15, 0.2) is 0 Å². The van der Waals surface area contributed by atoms with Crippen molar-refractivity contribution in [3.8, 4) is 0 Å². The first-order valence-corrected chi connectivity index (χ1v) is 13.0. The van der Waals surface area contributed by atoms with Crippen LogP contribution >= 0.6 is 0 Å². The van der Waals surface area contributed by atoms with Gasteiger partial charge in [0, 0.05) is 6.26 Å². The van der Waals surface area contributed by atoms with Crippen molar-refractivity contribution in [1.29, 1.82) is 0 Å². The molecule has 2 unspecified atom stereocenters. The number of rotatable bonds is 13. The second kappa shape index (κ2) is 17.0. The van der Waals surface area contributed by atoms with E-state index in [1.165, 1.54) is 109 Å². The average Bonchev–Trinajstić information content (AvgIpc) is 2.57. The van der Waals surface area contributed by atoms with Gasteiger partial charge in [0.05, 0.1) is 29.2 Å². The van der Waals surface area contributed by atoms with E-state index in [1.807, 2.05) is 4.90 Å². The second-order valence-electron chi connectivity index (χ2n) is 8.03. The molecule has 0 spiro atoms. The lowest BCUT2D eigenvalue weighted by atomic mass is 9.97. The first kappa shape index (κ1) is 25.9. The van der Waals surface area contributed by atoms with Crippen LogP contribution in [-0.2, 0) is 10.1 Å². The van der Waals surface area contributed by atoms with Gasteiger partial charge in [0.1, 0.15) is 0 Å². The Kier molecular flexibility index (Phi) is 16.9. The monoisotopic (exact) mass is 391 g/mol. The molecule has 5 heteroatoms. The average molecular weight is 392 g/mol. The molecule has 0 aliphatic carbocycles. The maximum absolute atomic E-state index is 9.08. The van der Waals surface area contributed by atoms with Crippen molar-refractivity contribution in [3.63, 3.8) is 0 Å². The Balaban J connectivity index is 0.00000110. The molecule has 0 bridgehead atoms. The molecule has 0 aromatic heterocycles. The molecule has 0 radical (unpaired) electrons. The minimum Gasteiger partial charge on any atom is -0.748 e. The Morgan fingerprint density at radius 2 is 1.35 bits per heavy atom. The molecule has 0 aromatic rings. The summed E-state index contributed by atoms with van der Waals surface area (Å²) in [7, 11) is -3.92. The van der Waals surface area contributed by atoms with Crippen molar-refractivity contribution in [2.45, 2.75) is 116 Å². The van der Waals surface area contributed by atoms with Gasteiger partial charge < -0.3 is 9.45 Å². The van der Waals surface area contributed by atoms with Crippen molar-refractivity contribution >= 4 is 10.1 Å². The standard InChI is InChI=1S/C20H41N.CH4O3S/c1-3-5-6-7-8-9-10-11-12-14-18-21-19-15-13-17-20(21)16-4-2;1-5(2,3)4/h20H,3-19H2,1-2H3;1H3,(H,2,3,4). The highest BCUT2D eigenvalue weighted by molar-refractivity contribution is 7.84. The summed E-state index contributed by atoms with van der Waals surface area (Å²) in [6.07, 6.45) is 22.6. The Bertz CT molecular complexity index is 388. The third-order valence-electron chi connectivity index (χ3n) is 5.37. The van der Waals surface area contributed by atoms with Crippen molar-refractivity contribution < 1.29 is 17.9 Å². The van der Waals surface area contributed by atoms with E-state index in [4.69, 9.17) is 13.0 Å². The van der Waals surface area contributed by atoms with E-state index in [2.05, 4.69) is 13.8 Å². The Hall–Kier alpha value is -0.130. The summed E-state index contributed by atoms with van der Waals surface area (Å²) in [4.78, 5) is 1.95. The minimum absolute atomic E-state index is 0.604. The van der Waals surface area contributed by atoms with Gasteiger partial charge in [-0.05, 0) is 38.5 Å². The SMILES string of the molecule is CCCCCCCCCCCC[NH+]1CCCCC1CCC.CS(=O)(=O)[O-]. The lowest BCUT2D eigenvalue weighted by Gasteiger charge is -2.32. The van der Waals surface area contributed by atoms with Gasteiger partial charge in [-0.15, -0.1) is 0 Å². The van der Waals surface area contributed by atoms with E-state index in [-0.39, 0.29) is 0 Å². The maximum Gasteiger partial charge on any atom is 0.0916 e. The number of hydrogen-bond donors (Lipinski definition) is 1. The number of likely N-dealkylation sites (tertiary alicyclic amines) is 1. The Morgan fingerprint density at radius 1 is 0.846 bits per heavy atom. The second-order valence-corrected chi connectivity index (χ2v) is 9.43. The van der Waals surface area contributed by atoms with Crippen molar-refractivity contribution in [1.82, 2.24) is 0 Å². The summed E-state index contributed by atoms with van der Waals surface area (Å²) in [5, 5.41) is 0. The zero-order chi connectivity index (χ0) is 19.7. The smallest absolute Gasteiger partial charge is 0.0916 e. The number of nitrogens with one attached hydrogen (secondary N) is 1. The molecule has 1 N–H and O–H groups in total. The summed E-state index contributed by atoms with van der Waals surface area (Å²) in [6.45, 7) is 7.57. The molecule has 26 heavy (non-hydrogen) atoms. The van der Waals surface area contributed by atoms with Crippen LogP contribution in [0.4, 0.5) is 0 Å². The van der Waals surface area contributed by atoms with Crippen LogP contribution in [0.5, 0.6) is 0 Å². The van der Waals surface area contributed by atoms with Crippen LogP contribution < -0.4 is 4.90 Å². The van der Waals surface area contributed by atoms with Crippen LogP contribution in [0.1, 0.15) is 110 Å². The number of unbranched alkanes of at least 4 members (excludes halogenated alkanes) is 9. The maximum atomic E-state index is 9.08. The fourth-order valence-corrected chi connectivity index (χ4v) is 4.02. The molecular formula is C21H45NO3S. The van der Waals surface area contributed by atoms with Gasteiger partial charge in [-0.25, -0.2) is 8.42 Å².